The van der Waals surface area contributed by atoms with Gasteiger partial charge in [0.1, 0.15) is 0 Å². The maximum atomic E-state index is 11.8. The zero-order valence-electron chi connectivity index (χ0n) is 11.5. The van der Waals surface area contributed by atoms with Crippen molar-refractivity contribution in [1.29, 1.82) is 0 Å². The van der Waals surface area contributed by atoms with Gasteiger partial charge in [-0.25, -0.2) is 5.01 Å². The van der Waals surface area contributed by atoms with E-state index < -0.39 is 0 Å². The molecule has 4 bridgehead atoms. The maximum absolute atomic E-state index is 11.8. The highest BCUT2D eigenvalue weighted by Crippen LogP contribution is 2.54. The quantitative estimate of drug-likeness (QED) is 0.603. The predicted molar refractivity (Wildman–Crippen MR) is 70.4 cm³/mol. The molecule has 0 radical (unpaired) electrons. The first-order valence-electron chi connectivity index (χ1n) is 7.26. The number of hydrogen-bond donors (Lipinski definition) is 1. The Kier molecular flexibility index (Phi) is 3.10. The Morgan fingerprint density at radius 1 is 1.06 bits per heavy atom. The largest absolute Gasteiger partial charge is 0.348 e. The average Bonchev–Trinajstić information content (AvgIpc) is 2.26. The molecule has 0 aromatic heterocycles. The molecular weight excluding hydrogens is 226 g/mol. The monoisotopic (exact) mass is 251 g/mol. The summed E-state index contributed by atoms with van der Waals surface area (Å²) in [4.78, 5) is 13.4. The number of likely N-dealkylation sites (N-methyl/N-ethyl adjacent to an activating group) is 1. The first-order valence-corrected chi connectivity index (χ1v) is 7.26. The standard InChI is InChI=1S/C14H25N3O/c1-16(2)13(18)8-17(15)14-11-4-9-3-10(6-11)7-12(14)5-9/h9-12,14H,3-8,15H2,1-2H3. The van der Waals surface area contributed by atoms with Crippen molar-refractivity contribution in [3.63, 3.8) is 0 Å². The van der Waals surface area contributed by atoms with Gasteiger partial charge >= 0.3 is 0 Å². The molecule has 102 valence electrons. The van der Waals surface area contributed by atoms with E-state index in [9.17, 15) is 4.79 Å². The van der Waals surface area contributed by atoms with Crippen LogP contribution < -0.4 is 5.84 Å². The lowest BCUT2D eigenvalue weighted by molar-refractivity contribution is -0.134. The van der Waals surface area contributed by atoms with Gasteiger partial charge in [-0.1, -0.05) is 0 Å². The zero-order chi connectivity index (χ0) is 12.9. The summed E-state index contributed by atoms with van der Waals surface area (Å²) in [5, 5.41) is 1.86. The summed E-state index contributed by atoms with van der Waals surface area (Å²) < 4.78 is 0. The van der Waals surface area contributed by atoms with Crippen molar-refractivity contribution < 1.29 is 4.79 Å². The number of nitrogens with two attached hydrogens (primary N) is 1. The highest BCUT2D eigenvalue weighted by atomic mass is 16.2. The number of rotatable bonds is 3. The number of carbonyl (C=O) groups is 1. The molecule has 4 aliphatic rings. The fourth-order valence-electron chi connectivity index (χ4n) is 4.84. The van der Waals surface area contributed by atoms with Crippen molar-refractivity contribution in [1.82, 2.24) is 9.91 Å². The summed E-state index contributed by atoms with van der Waals surface area (Å²) in [5.74, 6) is 9.76. The Balaban J connectivity index is 1.67. The van der Waals surface area contributed by atoms with Crippen LogP contribution in [-0.2, 0) is 4.79 Å². The van der Waals surface area contributed by atoms with Crippen molar-refractivity contribution in [2.75, 3.05) is 20.6 Å². The third-order valence-corrected chi connectivity index (χ3v) is 5.38. The lowest BCUT2D eigenvalue weighted by Gasteiger charge is -2.56. The lowest BCUT2D eigenvalue weighted by Crippen LogP contribution is -2.59. The fraction of sp³-hybridized carbons (Fsp3) is 0.929. The molecule has 4 rings (SSSR count). The minimum atomic E-state index is 0.117. The van der Waals surface area contributed by atoms with Gasteiger partial charge in [0, 0.05) is 20.1 Å². The Hall–Kier alpha value is -0.610. The van der Waals surface area contributed by atoms with Crippen LogP contribution in [0.4, 0.5) is 0 Å². The maximum Gasteiger partial charge on any atom is 0.237 e. The van der Waals surface area contributed by atoms with Crippen LogP contribution >= 0.6 is 0 Å². The van der Waals surface area contributed by atoms with E-state index in [0.717, 1.165) is 23.7 Å². The van der Waals surface area contributed by atoms with Crippen molar-refractivity contribution in [2.45, 2.75) is 38.1 Å². The molecule has 2 N–H and O–H groups in total. The molecule has 0 saturated heterocycles. The third kappa shape index (κ3) is 2.05. The molecule has 0 heterocycles. The van der Waals surface area contributed by atoms with E-state index >= 15 is 0 Å². The summed E-state index contributed by atoms with van der Waals surface area (Å²) in [7, 11) is 3.60. The van der Waals surface area contributed by atoms with Gasteiger partial charge in [0.2, 0.25) is 5.91 Å². The summed E-state index contributed by atoms with van der Waals surface area (Å²) >= 11 is 0. The van der Waals surface area contributed by atoms with Crippen LogP contribution in [0.3, 0.4) is 0 Å². The molecule has 0 aliphatic heterocycles. The Morgan fingerprint density at radius 3 is 2.00 bits per heavy atom. The molecule has 0 aromatic rings. The minimum absolute atomic E-state index is 0.117. The van der Waals surface area contributed by atoms with Gasteiger partial charge in [-0.15, -0.1) is 0 Å². The van der Waals surface area contributed by atoms with Gasteiger partial charge in [0.15, 0.2) is 0 Å². The van der Waals surface area contributed by atoms with E-state index in [1.165, 1.54) is 32.1 Å². The number of hydrogen-bond acceptors (Lipinski definition) is 3. The zero-order valence-corrected chi connectivity index (χ0v) is 11.5. The van der Waals surface area contributed by atoms with Crippen LogP contribution in [0.15, 0.2) is 0 Å². The highest BCUT2D eigenvalue weighted by molar-refractivity contribution is 5.77. The van der Waals surface area contributed by atoms with Gasteiger partial charge < -0.3 is 4.90 Å². The number of amides is 1. The first-order chi connectivity index (χ1) is 8.54. The summed E-state index contributed by atoms with van der Waals surface area (Å²) in [6.07, 6.45) is 6.85. The lowest BCUT2D eigenvalue weighted by atomic mass is 9.54. The van der Waals surface area contributed by atoms with E-state index in [2.05, 4.69) is 0 Å². The average molecular weight is 251 g/mol. The van der Waals surface area contributed by atoms with Crippen LogP contribution in [0.5, 0.6) is 0 Å². The number of carbonyl (C=O) groups excluding carboxylic acids is 1. The van der Waals surface area contributed by atoms with E-state index in [-0.39, 0.29) is 5.91 Å². The van der Waals surface area contributed by atoms with Gasteiger partial charge in [-0.3, -0.25) is 10.6 Å². The third-order valence-electron chi connectivity index (χ3n) is 5.38. The first kappa shape index (κ1) is 12.4. The van der Waals surface area contributed by atoms with Crippen LogP contribution in [0.2, 0.25) is 0 Å². The van der Waals surface area contributed by atoms with E-state index in [1.54, 1.807) is 19.0 Å². The smallest absolute Gasteiger partial charge is 0.237 e. The molecule has 0 aromatic carbocycles. The summed E-state index contributed by atoms with van der Waals surface area (Å²) in [5.41, 5.74) is 0. The summed E-state index contributed by atoms with van der Waals surface area (Å²) in [6.45, 7) is 0.375. The Bertz CT molecular complexity index is 314. The second-order valence-electron chi connectivity index (χ2n) is 6.88. The summed E-state index contributed by atoms with van der Waals surface area (Å²) in [6, 6.07) is 0.460. The van der Waals surface area contributed by atoms with Crippen molar-refractivity contribution in [3.8, 4) is 0 Å². The molecular formula is C14H25N3O. The fourth-order valence-corrected chi connectivity index (χ4v) is 4.84. The number of nitrogens with zero attached hydrogens (tertiary/aromatic N) is 2. The second kappa shape index (κ2) is 4.49. The molecule has 0 spiro atoms. The highest BCUT2D eigenvalue weighted by Gasteiger charge is 2.49. The van der Waals surface area contributed by atoms with E-state index in [0.29, 0.717) is 12.6 Å². The normalized spacial score (nSPS) is 41.4. The second-order valence-corrected chi connectivity index (χ2v) is 6.88. The van der Waals surface area contributed by atoms with Crippen LogP contribution in [-0.4, -0.2) is 42.5 Å². The van der Waals surface area contributed by atoms with Crippen LogP contribution in [0, 0.1) is 23.7 Å². The van der Waals surface area contributed by atoms with Gasteiger partial charge in [0.05, 0.1) is 6.54 Å². The SMILES string of the molecule is CN(C)C(=O)CN(N)C1C2CC3CC(C2)CC1C3. The molecule has 0 atom stereocenters. The minimum Gasteiger partial charge on any atom is -0.348 e. The van der Waals surface area contributed by atoms with Gasteiger partial charge in [-0.2, -0.15) is 0 Å². The molecule has 4 fully saturated rings. The van der Waals surface area contributed by atoms with Crippen molar-refractivity contribution >= 4 is 5.91 Å². The van der Waals surface area contributed by atoms with Gasteiger partial charge in [-0.05, 0) is 55.8 Å². The molecule has 0 unspecified atom stereocenters. The molecule has 1 amide bonds. The molecule has 4 heteroatoms. The topological polar surface area (TPSA) is 49.6 Å². The van der Waals surface area contributed by atoms with Crippen molar-refractivity contribution in [2.24, 2.45) is 29.5 Å². The van der Waals surface area contributed by atoms with Crippen LogP contribution in [0.1, 0.15) is 32.1 Å². The van der Waals surface area contributed by atoms with E-state index in [1.807, 2.05) is 5.01 Å². The van der Waals surface area contributed by atoms with Crippen molar-refractivity contribution in [3.05, 3.63) is 0 Å². The molecule has 18 heavy (non-hydrogen) atoms. The Labute approximate surface area is 109 Å². The predicted octanol–water partition coefficient (Wildman–Crippen LogP) is 1.07. The molecule has 4 nitrogen and oxygen atoms in total. The van der Waals surface area contributed by atoms with Crippen LogP contribution in [0.25, 0.3) is 0 Å². The number of hydrazine groups is 1. The van der Waals surface area contributed by atoms with Gasteiger partial charge in [0.25, 0.3) is 0 Å². The Morgan fingerprint density at radius 2 is 1.56 bits per heavy atom. The van der Waals surface area contributed by atoms with E-state index in [4.69, 9.17) is 5.84 Å². The molecule has 4 aliphatic carbocycles. The molecule has 4 saturated carbocycles.